The van der Waals surface area contributed by atoms with E-state index in [1.807, 2.05) is 44.2 Å². The van der Waals surface area contributed by atoms with Gasteiger partial charge in [0.25, 0.3) is 0 Å². The molecule has 1 aromatic rings. The van der Waals surface area contributed by atoms with Gasteiger partial charge in [-0.15, -0.1) is 0 Å². The van der Waals surface area contributed by atoms with Crippen molar-refractivity contribution in [3.8, 4) is 0 Å². The van der Waals surface area contributed by atoms with Crippen LogP contribution >= 0.6 is 0 Å². The maximum absolute atomic E-state index is 11.6. The molecule has 1 aromatic carbocycles. The summed E-state index contributed by atoms with van der Waals surface area (Å²) in [6, 6.07) is 9.77. The highest BCUT2D eigenvalue weighted by Gasteiger charge is 2.50. The number of hydrogen-bond donors (Lipinski definition) is 1. The Morgan fingerprint density at radius 1 is 1.12 bits per heavy atom. The van der Waals surface area contributed by atoms with Gasteiger partial charge in [-0.1, -0.05) is 44.2 Å². The summed E-state index contributed by atoms with van der Waals surface area (Å²) in [5.41, 5.74) is -0.406. The van der Waals surface area contributed by atoms with Crippen molar-refractivity contribution in [1.82, 2.24) is 4.90 Å². The van der Waals surface area contributed by atoms with Crippen molar-refractivity contribution < 1.29 is 9.90 Å². The molecule has 3 nitrogen and oxygen atoms in total. The predicted molar refractivity (Wildman–Crippen MR) is 69.2 cm³/mol. The molecular weight excluding hydrogens is 214 g/mol. The molecule has 0 saturated carbocycles. The molecular formula is C14H21NO2. The number of benzene rings is 1. The Bertz CT molecular complexity index is 398. The van der Waals surface area contributed by atoms with Crippen LogP contribution in [0.4, 0.5) is 0 Å². The lowest BCUT2D eigenvalue weighted by Crippen LogP contribution is -2.60. The maximum atomic E-state index is 11.6. The van der Waals surface area contributed by atoms with Crippen molar-refractivity contribution in [2.75, 3.05) is 14.1 Å². The first-order valence-electron chi connectivity index (χ1n) is 5.71. The average Bonchev–Trinajstić information content (AvgIpc) is 2.28. The Balaban J connectivity index is 3.33. The van der Waals surface area contributed by atoms with Gasteiger partial charge in [-0.2, -0.15) is 0 Å². The van der Waals surface area contributed by atoms with Gasteiger partial charge >= 0.3 is 5.97 Å². The Hall–Kier alpha value is -1.35. The predicted octanol–water partition coefficient (Wildman–Crippen LogP) is 2.37. The third-order valence-corrected chi connectivity index (χ3v) is 4.02. The Morgan fingerprint density at radius 2 is 1.59 bits per heavy atom. The molecule has 0 aliphatic carbocycles. The molecule has 0 aliphatic heterocycles. The van der Waals surface area contributed by atoms with E-state index < -0.39 is 16.9 Å². The fourth-order valence-electron chi connectivity index (χ4n) is 2.15. The lowest BCUT2D eigenvalue weighted by molar-refractivity contribution is -0.153. The summed E-state index contributed by atoms with van der Waals surface area (Å²) in [5.74, 6) is -0.809. The first-order chi connectivity index (χ1) is 7.74. The zero-order valence-corrected chi connectivity index (χ0v) is 11.2. The topological polar surface area (TPSA) is 40.5 Å². The second kappa shape index (κ2) is 4.49. The minimum atomic E-state index is -0.950. The Labute approximate surface area is 103 Å². The number of carbonyl (C=O) groups is 1. The van der Waals surface area contributed by atoms with Crippen LogP contribution in [0, 0.1) is 0 Å². The molecule has 1 N–H and O–H groups in total. The van der Waals surface area contributed by atoms with E-state index in [1.54, 1.807) is 25.9 Å². The Morgan fingerprint density at radius 3 is 1.94 bits per heavy atom. The van der Waals surface area contributed by atoms with Crippen molar-refractivity contribution in [3.63, 3.8) is 0 Å². The summed E-state index contributed by atoms with van der Waals surface area (Å²) in [6.07, 6.45) is 0. The van der Waals surface area contributed by atoms with E-state index in [-0.39, 0.29) is 0 Å². The highest BCUT2D eigenvalue weighted by atomic mass is 16.4. The van der Waals surface area contributed by atoms with Crippen LogP contribution in [0.3, 0.4) is 0 Å². The minimum absolute atomic E-state index is 0.483. The molecule has 94 valence electrons. The molecule has 17 heavy (non-hydrogen) atoms. The van der Waals surface area contributed by atoms with Crippen LogP contribution in [-0.4, -0.2) is 35.6 Å². The van der Waals surface area contributed by atoms with Gasteiger partial charge in [0.1, 0.15) is 5.54 Å². The molecule has 0 saturated heterocycles. The fraction of sp³-hybridized carbons (Fsp3) is 0.500. The zero-order chi connectivity index (χ0) is 13.3. The van der Waals surface area contributed by atoms with Crippen molar-refractivity contribution in [2.45, 2.75) is 31.7 Å². The highest BCUT2D eigenvalue weighted by Crippen LogP contribution is 2.38. The van der Waals surface area contributed by atoms with E-state index in [0.29, 0.717) is 0 Å². The van der Waals surface area contributed by atoms with E-state index in [9.17, 15) is 9.90 Å². The minimum Gasteiger partial charge on any atom is -0.480 e. The van der Waals surface area contributed by atoms with Crippen LogP contribution in [0.1, 0.15) is 26.3 Å². The molecule has 3 heteroatoms. The van der Waals surface area contributed by atoms with Crippen molar-refractivity contribution in [1.29, 1.82) is 0 Å². The van der Waals surface area contributed by atoms with Gasteiger partial charge in [0, 0.05) is 5.41 Å². The third-order valence-electron chi connectivity index (χ3n) is 4.02. The molecule has 1 atom stereocenters. The van der Waals surface area contributed by atoms with Crippen LogP contribution in [0.5, 0.6) is 0 Å². The second-order valence-corrected chi connectivity index (χ2v) is 5.26. The van der Waals surface area contributed by atoms with E-state index in [4.69, 9.17) is 0 Å². The smallest absolute Gasteiger partial charge is 0.324 e. The lowest BCUT2D eigenvalue weighted by atomic mass is 9.68. The van der Waals surface area contributed by atoms with Gasteiger partial charge in [-0.25, -0.2) is 0 Å². The molecule has 0 unspecified atom stereocenters. The zero-order valence-electron chi connectivity index (χ0n) is 11.2. The van der Waals surface area contributed by atoms with Gasteiger partial charge in [0.05, 0.1) is 0 Å². The van der Waals surface area contributed by atoms with E-state index in [0.717, 1.165) is 5.56 Å². The monoisotopic (exact) mass is 235 g/mol. The number of rotatable bonds is 4. The van der Waals surface area contributed by atoms with Crippen LogP contribution in [0.25, 0.3) is 0 Å². The number of nitrogens with zero attached hydrogens (tertiary/aromatic N) is 1. The summed E-state index contributed by atoms with van der Waals surface area (Å²) in [6.45, 7) is 5.70. The second-order valence-electron chi connectivity index (χ2n) is 5.26. The normalized spacial score (nSPS) is 15.6. The molecule has 0 aromatic heterocycles. The van der Waals surface area contributed by atoms with Gasteiger partial charge in [-0.05, 0) is 26.6 Å². The van der Waals surface area contributed by atoms with E-state index >= 15 is 0 Å². The summed E-state index contributed by atoms with van der Waals surface area (Å²) in [5, 5.41) is 9.56. The molecule has 0 bridgehead atoms. The number of carboxylic acid groups (broad SMARTS) is 1. The molecule has 0 radical (unpaired) electrons. The molecule has 0 spiro atoms. The van der Waals surface area contributed by atoms with Crippen LogP contribution in [0.2, 0.25) is 0 Å². The van der Waals surface area contributed by atoms with Gasteiger partial charge in [-0.3, -0.25) is 9.69 Å². The standard InChI is InChI=1S/C14H21NO2/c1-13(2,11-9-7-6-8-10-11)14(3,12(16)17)15(4)5/h6-10H,1-5H3,(H,16,17)/t14-/m0/s1. The van der Waals surface area contributed by atoms with Crippen molar-refractivity contribution in [2.24, 2.45) is 0 Å². The van der Waals surface area contributed by atoms with Crippen LogP contribution in [0.15, 0.2) is 30.3 Å². The maximum Gasteiger partial charge on any atom is 0.324 e. The third kappa shape index (κ3) is 2.07. The summed E-state index contributed by atoms with van der Waals surface area (Å²) in [4.78, 5) is 13.4. The summed E-state index contributed by atoms with van der Waals surface area (Å²) in [7, 11) is 3.61. The molecule has 0 fully saturated rings. The molecule has 0 heterocycles. The van der Waals surface area contributed by atoms with E-state index in [2.05, 4.69) is 0 Å². The number of hydrogen-bond acceptors (Lipinski definition) is 2. The SMILES string of the molecule is CN(C)[C@@](C)(C(=O)O)C(C)(C)c1ccccc1. The van der Waals surface area contributed by atoms with Gasteiger partial charge in [0.15, 0.2) is 0 Å². The van der Waals surface area contributed by atoms with Crippen LogP contribution < -0.4 is 0 Å². The summed E-state index contributed by atoms with van der Waals surface area (Å²) >= 11 is 0. The number of likely N-dealkylation sites (N-methyl/N-ethyl adjacent to an activating group) is 1. The molecule has 0 aliphatic rings. The first kappa shape index (κ1) is 13.7. The van der Waals surface area contributed by atoms with Crippen molar-refractivity contribution >= 4 is 5.97 Å². The number of carboxylic acids is 1. The average molecular weight is 235 g/mol. The van der Waals surface area contributed by atoms with Gasteiger partial charge in [0.2, 0.25) is 0 Å². The molecule has 1 rings (SSSR count). The van der Waals surface area contributed by atoms with Crippen molar-refractivity contribution in [3.05, 3.63) is 35.9 Å². The van der Waals surface area contributed by atoms with Crippen LogP contribution in [-0.2, 0) is 10.2 Å². The molecule has 0 amide bonds. The first-order valence-corrected chi connectivity index (χ1v) is 5.71. The number of aliphatic carboxylic acids is 1. The fourth-order valence-corrected chi connectivity index (χ4v) is 2.15. The summed E-state index contributed by atoms with van der Waals surface area (Å²) < 4.78 is 0. The Kier molecular flexibility index (Phi) is 3.62. The van der Waals surface area contributed by atoms with Gasteiger partial charge < -0.3 is 5.11 Å². The lowest BCUT2D eigenvalue weighted by Gasteiger charge is -2.45. The highest BCUT2D eigenvalue weighted by molar-refractivity contribution is 5.81. The quantitative estimate of drug-likeness (QED) is 0.871. The largest absolute Gasteiger partial charge is 0.480 e. The van der Waals surface area contributed by atoms with E-state index in [1.165, 1.54) is 0 Å².